The van der Waals surface area contributed by atoms with Crippen molar-refractivity contribution >= 4 is 17.3 Å². The lowest BCUT2D eigenvalue weighted by Gasteiger charge is -2.19. The van der Waals surface area contributed by atoms with Crippen molar-refractivity contribution in [2.75, 3.05) is 17.7 Å². The molecule has 0 fully saturated rings. The smallest absolute Gasteiger partial charge is 0.258 e. The van der Waals surface area contributed by atoms with Crippen LogP contribution in [0, 0.1) is 13.8 Å². The topological polar surface area (TPSA) is 46.3 Å². The van der Waals surface area contributed by atoms with Crippen molar-refractivity contribution in [1.82, 2.24) is 0 Å². The summed E-state index contributed by atoms with van der Waals surface area (Å²) in [5.41, 5.74) is 9.97. The van der Waals surface area contributed by atoms with Crippen molar-refractivity contribution in [3.05, 3.63) is 59.2 Å². The average molecular weight is 254 g/mol. The molecular weight excluding hydrogens is 236 g/mol. The van der Waals surface area contributed by atoms with Gasteiger partial charge in [0, 0.05) is 24.0 Å². The maximum atomic E-state index is 12.5. The third-order valence-electron chi connectivity index (χ3n) is 3.22. The SMILES string of the molecule is Cc1ccc(N(C)C(=O)c2cc(N)ccc2C)cc1. The summed E-state index contributed by atoms with van der Waals surface area (Å²) in [4.78, 5) is 14.1. The van der Waals surface area contributed by atoms with E-state index in [-0.39, 0.29) is 5.91 Å². The fourth-order valence-electron chi connectivity index (χ4n) is 1.94. The molecule has 0 aromatic heterocycles. The summed E-state index contributed by atoms with van der Waals surface area (Å²) in [6.07, 6.45) is 0. The second kappa shape index (κ2) is 5.14. The lowest BCUT2D eigenvalue weighted by molar-refractivity contribution is 0.0992. The van der Waals surface area contributed by atoms with Gasteiger partial charge in [0.2, 0.25) is 0 Å². The number of anilines is 2. The van der Waals surface area contributed by atoms with Gasteiger partial charge < -0.3 is 10.6 Å². The molecule has 0 heterocycles. The van der Waals surface area contributed by atoms with Crippen LogP contribution in [0.25, 0.3) is 0 Å². The molecule has 3 heteroatoms. The summed E-state index contributed by atoms with van der Waals surface area (Å²) in [7, 11) is 1.77. The Kier molecular flexibility index (Phi) is 3.56. The molecule has 0 saturated carbocycles. The summed E-state index contributed by atoms with van der Waals surface area (Å²) in [5, 5.41) is 0. The van der Waals surface area contributed by atoms with Gasteiger partial charge in [-0.2, -0.15) is 0 Å². The number of carbonyl (C=O) groups excluding carboxylic acids is 1. The molecule has 3 nitrogen and oxygen atoms in total. The predicted molar refractivity (Wildman–Crippen MR) is 79.5 cm³/mol. The minimum absolute atomic E-state index is 0.0475. The Bertz CT molecular complexity index is 603. The molecule has 2 rings (SSSR count). The first-order chi connectivity index (χ1) is 8.99. The number of nitrogens with zero attached hydrogens (tertiary/aromatic N) is 1. The Labute approximate surface area is 113 Å². The molecule has 0 spiro atoms. The van der Waals surface area contributed by atoms with Gasteiger partial charge in [0.1, 0.15) is 0 Å². The van der Waals surface area contributed by atoms with Crippen LogP contribution >= 0.6 is 0 Å². The fourth-order valence-corrected chi connectivity index (χ4v) is 1.94. The van der Waals surface area contributed by atoms with Gasteiger partial charge in [-0.15, -0.1) is 0 Å². The maximum Gasteiger partial charge on any atom is 0.258 e. The van der Waals surface area contributed by atoms with E-state index in [4.69, 9.17) is 5.73 Å². The number of rotatable bonds is 2. The summed E-state index contributed by atoms with van der Waals surface area (Å²) in [5.74, 6) is -0.0475. The molecule has 2 aromatic rings. The van der Waals surface area contributed by atoms with Crippen molar-refractivity contribution in [3.8, 4) is 0 Å². The predicted octanol–water partition coefficient (Wildman–Crippen LogP) is 3.16. The number of hydrogen-bond donors (Lipinski definition) is 1. The van der Waals surface area contributed by atoms with E-state index in [1.165, 1.54) is 5.56 Å². The molecule has 0 aliphatic carbocycles. The number of nitrogen functional groups attached to an aromatic ring is 1. The highest BCUT2D eigenvalue weighted by atomic mass is 16.2. The van der Waals surface area contributed by atoms with Crippen LogP contribution in [0.3, 0.4) is 0 Å². The second-order valence-corrected chi connectivity index (χ2v) is 4.77. The van der Waals surface area contributed by atoms with Crippen LogP contribution in [-0.4, -0.2) is 13.0 Å². The largest absolute Gasteiger partial charge is 0.399 e. The molecule has 0 bridgehead atoms. The summed E-state index contributed by atoms with van der Waals surface area (Å²) < 4.78 is 0. The highest BCUT2D eigenvalue weighted by Crippen LogP contribution is 2.19. The quantitative estimate of drug-likeness (QED) is 0.837. The standard InChI is InChI=1S/C16H18N2O/c1-11-4-8-14(9-5-11)18(3)16(19)15-10-13(17)7-6-12(15)2/h4-10H,17H2,1-3H3. The highest BCUT2D eigenvalue weighted by Gasteiger charge is 2.15. The van der Waals surface area contributed by atoms with Crippen LogP contribution in [0.5, 0.6) is 0 Å². The van der Waals surface area contributed by atoms with Crippen LogP contribution in [0.2, 0.25) is 0 Å². The number of carbonyl (C=O) groups is 1. The minimum atomic E-state index is -0.0475. The zero-order valence-electron chi connectivity index (χ0n) is 11.5. The van der Waals surface area contributed by atoms with Gasteiger partial charge >= 0.3 is 0 Å². The summed E-state index contributed by atoms with van der Waals surface area (Å²) in [6.45, 7) is 3.93. The molecule has 0 unspecified atom stereocenters. The van der Waals surface area contributed by atoms with Crippen LogP contribution in [0.15, 0.2) is 42.5 Å². The Balaban J connectivity index is 2.33. The van der Waals surface area contributed by atoms with E-state index in [1.807, 2.05) is 44.2 Å². The zero-order valence-corrected chi connectivity index (χ0v) is 11.5. The summed E-state index contributed by atoms with van der Waals surface area (Å²) in [6, 6.07) is 13.3. The van der Waals surface area contributed by atoms with Crippen LogP contribution in [0.1, 0.15) is 21.5 Å². The van der Waals surface area contributed by atoms with Crippen molar-refractivity contribution in [3.63, 3.8) is 0 Å². The third kappa shape index (κ3) is 2.76. The second-order valence-electron chi connectivity index (χ2n) is 4.77. The molecule has 0 radical (unpaired) electrons. The van der Waals surface area contributed by atoms with E-state index in [9.17, 15) is 4.79 Å². The van der Waals surface area contributed by atoms with Gasteiger partial charge in [-0.3, -0.25) is 4.79 Å². The van der Waals surface area contributed by atoms with Crippen molar-refractivity contribution in [1.29, 1.82) is 0 Å². The first kappa shape index (κ1) is 13.1. The van der Waals surface area contributed by atoms with E-state index >= 15 is 0 Å². The van der Waals surface area contributed by atoms with Crippen molar-refractivity contribution in [2.24, 2.45) is 0 Å². The fraction of sp³-hybridized carbons (Fsp3) is 0.188. The zero-order chi connectivity index (χ0) is 14.0. The molecule has 2 aromatic carbocycles. The van der Waals surface area contributed by atoms with E-state index in [2.05, 4.69) is 0 Å². The monoisotopic (exact) mass is 254 g/mol. The highest BCUT2D eigenvalue weighted by molar-refractivity contribution is 6.07. The number of amides is 1. The molecule has 19 heavy (non-hydrogen) atoms. The Morgan fingerprint density at radius 3 is 2.32 bits per heavy atom. The molecule has 0 aliphatic rings. The minimum Gasteiger partial charge on any atom is -0.399 e. The van der Waals surface area contributed by atoms with E-state index < -0.39 is 0 Å². The van der Waals surface area contributed by atoms with Crippen LogP contribution in [0.4, 0.5) is 11.4 Å². The maximum absolute atomic E-state index is 12.5. The van der Waals surface area contributed by atoms with Gasteiger partial charge in [-0.1, -0.05) is 23.8 Å². The van der Waals surface area contributed by atoms with Gasteiger partial charge in [0.25, 0.3) is 5.91 Å². The molecule has 0 aliphatic heterocycles. The number of nitrogens with two attached hydrogens (primary N) is 1. The normalized spacial score (nSPS) is 10.3. The molecule has 0 atom stereocenters. The third-order valence-corrected chi connectivity index (χ3v) is 3.22. The van der Waals surface area contributed by atoms with Crippen molar-refractivity contribution < 1.29 is 4.79 Å². The number of benzene rings is 2. The molecule has 98 valence electrons. The van der Waals surface area contributed by atoms with Gasteiger partial charge in [0.05, 0.1) is 0 Å². The average Bonchev–Trinajstić information content (AvgIpc) is 2.41. The lowest BCUT2D eigenvalue weighted by Crippen LogP contribution is -2.27. The van der Waals surface area contributed by atoms with E-state index in [0.717, 1.165) is 11.3 Å². The van der Waals surface area contributed by atoms with Gasteiger partial charge in [-0.05, 0) is 43.7 Å². The van der Waals surface area contributed by atoms with E-state index in [1.54, 1.807) is 24.1 Å². The Morgan fingerprint density at radius 2 is 1.68 bits per heavy atom. The first-order valence-electron chi connectivity index (χ1n) is 6.20. The number of aryl methyl sites for hydroxylation is 2. The van der Waals surface area contributed by atoms with Gasteiger partial charge in [-0.25, -0.2) is 0 Å². The molecule has 0 saturated heterocycles. The molecule has 1 amide bonds. The lowest BCUT2D eigenvalue weighted by atomic mass is 10.1. The molecular formula is C16H18N2O. The molecule has 2 N–H and O–H groups in total. The Morgan fingerprint density at radius 1 is 1.05 bits per heavy atom. The van der Waals surface area contributed by atoms with Gasteiger partial charge in [0.15, 0.2) is 0 Å². The first-order valence-corrected chi connectivity index (χ1v) is 6.20. The van der Waals surface area contributed by atoms with E-state index in [0.29, 0.717) is 11.3 Å². The van der Waals surface area contributed by atoms with Crippen molar-refractivity contribution in [2.45, 2.75) is 13.8 Å². The summed E-state index contributed by atoms with van der Waals surface area (Å²) >= 11 is 0. The van der Waals surface area contributed by atoms with Crippen LogP contribution < -0.4 is 10.6 Å². The number of hydrogen-bond acceptors (Lipinski definition) is 2. The van der Waals surface area contributed by atoms with Crippen LogP contribution in [-0.2, 0) is 0 Å². The Hall–Kier alpha value is -2.29.